The molecular weight excluding hydrogens is 680 g/mol. The molecule has 4 aliphatic rings. The topological polar surface area (TPSA) is 284 Å². The summed E-state index contributed by atoms with van der Waals surface area (Å²) in [5.74, 6) is -0.614. The number of aliphatic hydroxyl groups excluding tert-OH is 1. The second-order valence-electron chi connectivity index (χ2n) is 10.9. The number of phosphoric ester groups is 1. The number of thiol groups is 1. The molecule has 45 heavy (non-hydrogen) atoms. The molecule has 8 rings (SSSR count). The van der Waals surface area contributed by atoms with Crippen molar-refractivity contribution < 1.29 is 46.7 Å². The van der Waals surface area contributed by atoms with E-state index in [4.69, 9.17) is 39.0 Å². The van der Waals surface area contributed by atoms with Crippen molar-refractivity contribution in [1.29, 1.82) is 0 Å². The van der Waals surface area contributed by atoms with Crippen molar-refractivity contribution in [3.63, 3.8) is 0 Å². The molecule has 2 bridgehead atoms. The van der Waals surface area contributed by atoms with Crippen LogP contribution in [-0.4, -0.2) is 87.1 Å². The van der Waals surface area contributed by atoms with E-state index in [1.807, 2.05) is 0 Å². The van der Waals surface area contributed by atoms with Gasteiger partial charge in [-0.3, -0.25) is 32.4 Å². The van der Waals surface area contributed by atoms with Crippen molar-refractivity contribution in [2.75, 3.05) is 24.7 Å². The molecule has 0 aromatic carbocycles. The van der Waals surface area contributed by atoms with Crippen LogP contribution < -0.4 is 17.0 Å². The van der Waals surface area contributed by atoms with E-state index in [0.29, 0.717) is 15.9 Å². The Morgan fingerprint density at radius 2 is 1.96 bits per heavy atom. The third-order valence-corrected chi connectivity index (χ3v) is 11.6. The van der Waals surface area contributed by atoms with Gasteiger partial charge in [-0.05, 0) is 18.0 Å². The highest BCUT2D eigenvalue weighted by Crippen LogP contribution is 2.67. The highest BCUT2D eigenvalue weighted by molar-refractivity contribution is 8.44. The molecule has 240 valence electrons. The van der Waals surface area contributed by atoms with Crippen molar-refractivity contribution in [3.05, 3.63) is 27.9 Å². The third-order valence-electron chi connectivity index (χ3n) is 8.14. The maximum absolute atomic E-state index is 13.5. The summed E-state index contributed by atoms with van der Waals surface area (Å²) in [7, 11) is -4.88. The van der Waals surface area contributed by atoms with Gasteiger partial charge in [0.1, 0.15) is 53.5 Å². The molecule has 10 atom stereocenters. The highest BCUT2D eigenvalue weighted by atomic mass is 32.7. The summed E-state index contributed by atoms with van der Waals surface area (Å²) in [4.78, 5) is 42.2. The van der Waals surface area contributed by atoms with Crippen LogP contribution in [0.3, 0.4) is 0 Å². The van der Waals surface area contributed by atoms with Crippen LogP contribution in [0.1, 0.15) is 23.6 Å². The largest absolute Gasteiger partial charge is 0.472 e. The Kier molecular flexibility index (Phi) is 6.75. The monoisotopic (exact) mass is 703 g/mol. The predicted molar refractivity (Wildman–Crippen MR) is 155 cm³/mol. The maximum atomic E-state index is 13.5. The van der Waals surface area contributed by atoms with E-state index in [9.17, 15) is 23.9 Å². The fourth-order valence-corrected chi connectivity index (χ4v) is 9.34. The fraction of sp³-hybridized carbons (Fsp3) is 0.524. The van der Waals surface area contributed by atoms with E-state index in [0.717, 1.165) is 11.5 Å². The quantitative estimate of drug-likeness (QED) is 0.122. The number of H-pyrrole nitrogens is 1. The van der Waals surface area contributed by atoms with E-state index in [2.05, 4.69) is 41.5 Å². The minimum Gasteiger partial charge on any atom is -0.387 e. The van der Waals surface area contributed by atoms with E-state index >= 15 is 0 Å². The van der Waals surface area contributed by atoms with Gasteiger partial charge in [-0.1, -0.05) is 12.2 Å². The molecular formula is C21H23N9O11P2S2. The van der Waals surface area contributed by atoms with Gasteiger partial charge in [0.2, 0.25) is 5.95 Å². The fourth-order valence-electron chi connectivity index (χ4n) is 5.97. The summed E-state index contributed by atoms with van der Waals surface area (Å²) < 4.78 is 67.1. The molecule has 7 N–H and O–H groups in total. The number of phosphoric acid groups is 1. The average Bonchev–Trinajstić information content (AvgIpc) is 3.31. The van der Waals surface area contributed by atoms with Crippen molar-refractivity contribution in [2.45, 2.75) is 48.8 Å². The molecule has 4 aromatic rings. The van der Waals surface area contributed by atoms with Crippen LogP contribution in [0.25, 0.3) is 22.2 Å². The molecule has 24 heteroatoms. The normalized spacial score (nSPS) is 40.0. The number of hydrogen-bond donors (Lipinski definition) is 6. The van der Waals surface area contributed by atoms with Gasteiger partial charge >= 0.3 is 14.6 Å². The number of fused-ring (bicyclic) bond motifs is 3. The number of nitrogen functional groups attached to an aromatic ring is 2. The number of hydrogen-bond acceptors (Lipinski definition) is 18. The number of nitrogens with zero attached hydrogens (tertiary/aromatic N) is 6. The van der Waals surface area contributed by atoms with Crippen LogP contribution in [0, 0.1) is 5.92 Å². The molecule has 0 radical (unpaired) electrons. The summed E-state index contributed by atoms with van der Waals surface area (Å²) in [6.45, 7) is -5.22. The first kappa shape index (κ1) is 29.8. The molecule has 3 aliphatic heterocycles. The molecule has 4 fully saturated rings. The molecule has 1 saturated carbocycles. The number of nitrogens with two attached hydrogens (primary N) is 2. The Hall–Kier alpha value is -2.59. The van der Waals surface area contributed by atoms with Gasteiger partial charge in [-0.15, -0.1) is 0 Å². The van der Waals surface area contributed by atoms with Crippen LogP contribution in [0.5, 0.6) is 0 Å². The first-order valence-electron chi connectivity index (χ1n) is 13.3. The maximum Gasteiger partial charge on any atom is 0.472 e. The molecule has 2 unspecified atom stereocenters. The average molecular weight is 704 g/mol. The Balaban J connectivity index is 1.12. The first-order chi connectivity index (χ1) is 21.3. The van der Waals surface area contributed by atoms with E-state index < -0.39 is 75.1 Å². The number of imidazole rings is 1. The third kappa shape index (κ3) is 4.91. The number of rotatable bonds is 2. The number of anilines is 2. The zero-order valence-electron chi connectivity index (χ0n) is 22.5. The van der Waals surface area contributed by atoms with Crippen LogP contribution in [-0.2, 0) is 36.7 Å². The van der Waals surface area contributed by atoms with E-state index in [1.54, 1.807) is 0 Å². The molecule has 0 spiro atoms. The lowest BCUT2D eigenvalue weighted by molar-refractivity contribution is -0.0910. The van der Waals surface area contributed by atoms with Gasteiger partial charge in [0, 0.05) is 5.92 Å². The smallest absolute Gasteiger partial charge is 0.387 e. The van der Waals surface area contributed by atoms with Crippen molar-refractivity contribution >= 4 is 72.4 Å². The highest BCUT2D eigenvalue weighted by Gasteiger charge is 2.70. The van der Waals surface area contributed by atoms with Crippen LogP contribution >= 0.6 is 38.4 Å². The molecule has 1 aliphatic carbocycles. The Bertz CT molecular complexity index is 2010. The number of ether oxygens (including phenoxy) is 2. The number of aromatic nitrogens is 7. The minimum atomic E-state index is -4.88. The summed E-state index contributed by atoms with van der Waals surface area (Å²) >= 11 is 5.08. The Morgan fingerprint density at radius 3 is 2.78 bits per heavy atom. The summed E-state index contributed by atoms with van der Waals surface area (Å²) in [6, 6.07) is 0. The molecule has 3 saturated heterocycles. The lowest BCUT2D eigenvalue weighted by Crippen LogP contribution is -2.35. The van der Waals surface area contributed by atoms with Crippen LogP contribution in [0.2, 0.25) is 0 Å². The minimum absolute atomic E-state index is 0.0371. The zero-order chi connectivity index (χ0) is 31.5. The van der Waals surface area contributed by atoms with E-state index in [1.165, 1.54) is 17.2 Å². The van der Waals surface area contributed by atoms with Crippen molar-refractivity contribution in [1.82, 2.24) is 33.9 Å². The lowest BCUT2D eigenvalue weighted by Gasteiger charge is -2.28. The Morgan fingerprint density at radius 1 is 1.13 bits per heavy atom. The predicted octanol–water partition coefficient (Wildman–Crippen LogP) is 0.428. The number of aromatic amines is 1. The van der Waals surface area contributed by atoms with Crippen LogP contribution in [0.4, 0.5) is 11.8 Å². The summed E-state index contributed by atoms with van der Waals surface area (Å²) in [6.07, 6.45) is -4.81. The molecule has 20 nitrogen and oxygen atoms in total. The second-order valence-corrected chi connectivity index (χ2v) is 16.0. The van der Waals surface area contributed by atoms with Crippen molar-refractivity contribution in [3.8, 4) is 0 Å². The summed E-state index contributed by atoms with van der Waals surface area (Å²) in [5, 5.41) is 11.3. The lowest BCUT2D eigenvalue weighted by atomic mass is 10.1. The molecule has 0 amide bonds. The number of aliphatic hydroxyl groups is 1. The molecule has 7 heterocycles. The SMILES string of the molecule is Nc1nc2c(ncn2[C@@H]2O[C@]34CO[P@](=O)(S)O[C@H]5[C@@H](O)[C@H](c6snc7c(N)ncnc67)O[C@@H]5COP(=O)(O)O[C@@H]2C3C4)c(=O)[nH]1. The zero-order valence-corrected chi connectivity index (χ0v) is 26.0. The van der Waals surface area contributed by atoms with E-state index in [-0.39, 0.29) is 36.0 Å². The number of nitrogens with one attached hydrogen (secondary N) is 1. The standard InChI is InChI=1S/C21H23N9O11P2S2/c22-16-9-8(24-4-25-16)15(45-29-9)14-11(31)13-7(38-14)2-36-42(33,34)40-12-6-1-21(6,3-37-43(35,44)41-13)39-19(12)30-5-26-10-17(30)27-20(23)28-18(10)32/h4-7,11-14,19,31H,1-3H2,(H,33,34)(H,35,44)(H2,22,24,25)(H3,23,27,28,32)/t6?,7-,11-,12-,13-,14-,19-,21-,43+/m1/s1. The van der Waals surface area contributed by atoms with Crippen molar-refractivity contribution in [2.24, 2.45) is 5.92 Å². The van der Waals surface area contributed by atoms with Crippen LogP contribution in [0.15, 0.2) is 17.4 Å². The van der Waals surface area contributed by atoms with Gasteiger partial charge in [-0.25, -0.2) is 24.1 Å². The van der Waals surface area contributed by atoms with Gasteiger partial charge < -0.3 is 30.9 Å². The second kappa shape index (κ2) is 10.2. The molecule has 4 aromatic heterocycles. The Labute approximate surface area is 259 Å². The van der Waals surface area contributed by atoms with Gasteiger partial charge in [0.15, 0.2) is 23.2 Å². The van der Waals surface area contributed by atoms with Gasteiger partial charge in [0.25, 0.3) is 5.56 Å². The van der Waals surface area contributed by atoms with Gasteiger partial charge in [0.05, 0.1) is 24.4 Å². The summed E-state index contributed by atoms with van der Waals surface area (Å²) in [5.41, 5.74) is 10.5. The van der Waals surface area contributed by atoms with Gasteiger partial charge in [-0.2, -0.15) is 9.36 Å². The first-order valence-corrected chi connectivity index (χ1v) is 18.2.